The van der Waals surface area contributed by atoms with Gasteiger partial charge in [-0.05, 0) is 38.5 Å². The van der Waals surface area contributed by atoms with Gasteiger partial charge in [0.25, 0.3) is 0 Å². The Morgan fingerprint density at radius 1 is 0.410 bits per heavy atom. The van der Waals surface area contributed by atoms with Gasteiger partial charge in [-0.15, -0.1) is 0 Å². The van der Waals surface area contributed by atoms with E-state index in [4.69, 9.17) is 9.47 Å². The first kappa shape index (κ1) is 79.9. The van der Waals surface area contributed by atoms with Crippen LogP contribution in [0.5, 0.6) is 0 Å². The van der Waals surface area contributed by atoms with Gasteiger partial charge in [0.05, 0.1) is 25.4 Å². The van der Waals surface area contributed by atoms with Crippen LogP contribution in [-0.4, -0.2) is 110 Å². The van der Waals surface area contributed by atoms with Gasteiger partial charge in [-0.1, -0.05) is 347 Å². The summed E-state index contributed by atoms with van der Waals surface area (Å²) in [5.74, 6) is -0.691. The second-order valence-corrected chi connectivity index (χ2v) is 26.0. The van der Waals surface area contributed by atoms with E-state index in [1.165, 1.54) is 295 Å². The van der Waals surface area contributed by atoms with Crippen LogP contribution in [-0.2, 0) is 14.3 Å². The van der Waals surface area contributed by atoms with Gasteiger partial charge < -0.3 is 50.5 Å². The molecule has 1 amide bonds. The van der Waals surface area contributed by atoms with E-state index in [9.17, 15) is 40.5 Å². The SMILES string of the molecule is CCCCCCCCCCCCCC/C=C\CCCCCCCCCCCC(O)C(=O)NC(COC1OC(CO)C(O)C(O)C1O)C(O)C(O)CCCCCCCCCCCCCCCCCCCCCCCCCCCCCCCCC. The minimum Gasteiger partial charge on any atom is -0.394 e. The molecule has 1 saturated heterocycles. The number of aliphatic hydroxyl groups excluding tert-OH is 7. The number of allylic oxidation sites excluding steroid dienone is 2. The predicted molar refractivity (Wildman–Crippen MR) is 349 cm³/mol. The van der Waals surface area contributed by atoms with E-state index in [-0.39, 0.29) is 6.42 Å². The Morgan fingerprint density at radius 3 is 1.01 bits per heavy atom. The number of carbonyl (C=O) groups is 1. The molecule has 1 heterocycles. The zero-order valence-corrected chi connectivity index (χ0v) is 54.7. The molecule has 1 fully saturated rings. The van der Waals surface area contributed by atoms with Crippen molar-refractivity contribution in [2.24, 2.45) is 0 Å². The molecule has 11 heteroatoms. The number of nitrogens with one attached hydrogen (secondary N) is 1. The molecule has 0 aromatic carbocycles. The highest BCUT2D eigenvalue weighted by Gasteiger charge is 2.44. The Labute approximate surface area is 512 Å². The summed E-state index contributed by atoms with van der Waals surface area (Å²) in [6.45, 7) is 3.53. The lowest BCUT2D eigenvalue weighted by molar-refractivity contribution is -0.303. The smallest absolute Gasteiger partial charge is 0.249 e. The molecule has 0 aliphatic carbocycles. The molecule has 1 aliphatic heterocycles. The van der Waals surface area contributed by atoms with Crippen LogP contribution in [0.1, 0.15) is 373 Å². The molecule has 0 radical (unpaired) electrons. The van der Waals surface area contributed by atoms with E-state index >= 15 is 0 Å². The van der Waals surface area contributed by atoms with Crippen molar-refractivity contribution >= 4 is 5.91 Å². The molecule has 0 spiro atoms. The standard InChI is InChI=1S/C72H141NO10/c1-3-5-7-9-11-13-15-17-19-21-23-25-27-29-30-31-32-33-34-36-37-39-41-43-45-47-49-51-53-55-57-59-64(75)67(77)63(62-82-72-70(80)69(79)68(78)66(61-74)83-72)73-71(81)65(76)60-58-56-54-52-50-48-46-44-42-40-38-35-28-26-24-22-20-18-16-14-12-10-8-6-4-2/h35,38,63-70,72,74-80H,3-34,36-37,39-62H2,1-2H3,(H,73,81)/b38-35-. The van der Waals surface area contributed by atoms with Gasteiger partial charge in [-0.3, -0.25) is 4.79 Å². The molecule has 1 aliphatic rings. The first-order valence-electron chi connectivity index (χ1n) is 36.6. The van der Waals surface area contributed by atoms with Gasteiger partial charge in [-0.2, -0.15) is 0 Å². The Hall–Kier alpha value is -1.15. The maximum atomic E-state index is 13.3. The predicted octanol–water partition coefficient (Wildman–Crippen LogP) is 17.8. The van der Waals surface area contributed by atoms with Crippen LogP contribution >= 0.6 is 0 Å². The quantitative estimate of drug-likeness (QED) is 0.0215. The summed E-state index contributed by atoms with van der Waals surface area (Å²) in [5.41, 5.74) is 0. The molecule has 9 unspecified atom stereocenters. The van der Waals surface area contributed by atoms with E-state index in [1.54, 1.807) is 0 Å². The molecule has 0 aromatic rings. The molecule has 83 heavy (non-hydrogen) atoms. The van der Waals surface area contributed by atoms with Crippen molar-refractivity contribution < 1.29 is 50.0 Å². The lowest BCUT2D eigenvalue weighted by Crippen LogP contribution is -2.60. The van der Waals surface area contributed by atoms with Crippen LogP contribution in [0.4, 0.5) is 0 Å². The monoisotopic (exact) mass is 1180 g/mol. The van der Waals surface area contributed by atoms with Crippen LogP contribution in [0.25, 0.3) is 0 Å². The number of ether oxygens (including phenoxy) is 2. The topological polar surface area (TPSA) is 189 Å². The largest absolute Gasteiger partial charge is 0.394 e. The van der Waals surface area contributed by atoms with E-state index in [2.05, 4.69) is 31.3 Å². The van der Waals surface area contributed by atoms with Crippen LogP contribution < -0.4 is 5.32 Å². The Bertz CT molecular complexity index is 1350. The zero-order chi connectivity index (χ0) is 60.3. The summed E-state index contributed by atoms with van der Waals surface area (Å²) >= 11 is 0. The normalized spacial score (nSPS) is 19.0. The van der Waals surface area contributed by atoms with Gasteiger partial charge in [0.1, 0.15) is 36.6 Å². The number of carbonyl (C=O) groups excluding carboxylic acids is 1. The molecular formula is C72H141NO10. The number of amides is 1. The van der Waals surface area contributed by atoms with Crippen LogP contribution in [0.15, 0.2) is 12.2 Å². The fraction of sp³-hybridized carbons (Fsp3) is 0.958. The van der Waals surface area contributed by atoms with E-state index < -0.39 is 74.2 Å². The second kappa shape index (κ2) is 61.1. The molecule has 494 valence electrons. The fourth-order valence-electron chi connectivity index (χ4n) is 12.2. The third kappa shape index (κ3) is 48.5. The lowest BCUT2D eigenvalue weighted by atomic mass is 9.98. The molecule has 8 N–H and O–H groups in total. The summed E-state index contributed by atoms with van der Waals surface area (Å²) in [7, 11) is 0. The summed E-state index contributed by atoms with van der Waals surface area (Å²) in [6.07, 6.45) is 64.4. The average Bonchev–Trinajstić information content (AvgIpc) is 3.69. The van der Waals surface area contributed by atoms with Crippen molar-refractivity contribution in [1.82, 2.24) is 5.32 Å². The van der Waals surface area contributed by atoms with Crippen molar-refractivity contribution in [1.29, 1.82) is 0 Å². The third-order valence-electron chi connectivity index (χ3n) is 18.1. The van der Waals surface area contributed by atoms with Gasteiger partial charge in [0, 0.05) is 0 Å². The van der Waals surface area contributed by atoms with Gasteiger partial charge in [-0.25, -0.2) is 0 Å². The molecule has 9 atom stereocenters. The van der Waals surface area contributed by atoms with Crippen LogP contribution in [0, 0.1) is 0 Å². The van der Waals surface area contributed by atoms with Crippen molar-refractivity contribution in [2.45, 2.75) is 428 Å². The Morgan fingerprint density at radius 2 is 0.699 bits per heavy atom. The Balaban J connectivity index is 2.17. The highest BCUT2D eigenvalue weighted by atomic mass is 16.7. The molecular weight excluding hydrogens is 1040 g/mol. The third-order valence-corrected chi connectivity index (χ3v) is 18.1. The molecule has 1 rings (SSSR count). The number of aliphatic hydroxyl groups is 7. The first-order chi connectivity index (χ1) is 40.7. The van der Waals surface area contributed by atoms with Gasteiger partial charge in [0.15, 0.2) is 6.29 Å². The maximum Gasteiger partial charge on any atom is 0.249 e. The van der Waals surface area contributed by atoms with E-state index in [0.29, 0.717) is 19.3 Å². The minimum absolute atomic E-state index is 0.261. The van der Waals surface area contributed by atoms with Crippen molar-refractivity contribution in [2.75, 3.05) is 13.2 Å². The van der Waals surface area contributed by atoms with Crippen LogP contribution in [0.3, 0.4) is 0 Å². The summed E-state index contributed by atoms with van der Waals surface area (Å²) in [6, 6.07) is -1.17. The lowest BCUT2D eigenvalue weighted by Gasteiger charge is -2.40. The molecule has 0 bridgehead atoms. The van der Waals surface area contributed by atoms with E-state index in [1.807, 2.05) is 0 Å². The molecule has 11 nitrogen and oxygen atoms in total. The van der Waals surface area contributed by atoms with Crippen molar-refractivity contribution in [3.05, 3.63) is 12.2 Å². The maximum absolute atomic E-state index is 13.3. The summed E-state index contributed by atoms with van der Waals surface area (Å²) < 4.78 is 11.2. The number of rotatable bonds is 65. The summed E-state index contributed by atoms with van der Waals surface area (Å²) in [4.78, 5) is 13.3. The fourth-order valence-corrected chi connectivity index (χ4v) is 12.2. The zero-order valence-electron chi connectivity index (χ0n) is 54.7. The number of hydrogen-bond acceptors (Lipinski definition) is 10. The second-order valence-electron chi connectivity index (χ2n) is 26.0. The van der Waals surface area contributed by atoms with Crippen molar-refractivity contribution in [3.8, 4) is 0 Å². The van der Waals surface area contributed by atoms with Gasteiger partial charge >= 0.3 is 0 Å². The van der Waals surface area contributed by atoms with E-state index in [0.717, 1.165) is 38.5 Å². The van der Waals surface area contributed by atoms with Crippen molar-refractivity contribution in [3.63, 3.8) is 0 Å². The first-order valence-corrected chi connectivity index (χ1v) is 36.6. The van der Waals surface area contributed by atoms with Gasteiger partial charge in [0.2, 0.25) is 5.91 Å². The Kier molecular flexibility index (Phi) is 58.8. The highest BCUT2D eigenvalue weighted by Crippen LogP contribution is 2.24. The number of hydrogen-bond donors (Lipinski definition) is 8. The molecule has 0 saturated carbocycles. The average molecular weight is 1180 g/mol. The number of unbranched alkanes of at least 4 members (excludes halogenated alkanes) is 51. The molecule has 0 aromatic heterocycles. The summed E-state index contributed by atoms with van der Waals surface area (Å²) in [5, 5.41) is 76.6. The minimum atomic E-state index is -1.66. The van der Waals surface area contributed by atoms with Crippen LogP contribution in [0.2, 0.25) is 0 Å². The highest BCUT2D eigenvalue weighted by molar-refractivity contribution is 5.80.